The lowest BCUT2D eigenvalue weighted by Crippen LogP contribution is -2.62. The molecule has 0 unspecified atom stereocenters. The molecule has 2 aliphatic carbocycles. The molecule has 1 aromatic carbocycles. The van der Waals surface area contributed by atoms with Gasteiger partial charge in [-0.3, -0.25) is 4.79 Å². The number of carbonyl (C=O) groups excluding carboxylic acids is 1. The number of rotatable bonds is 6. The largest absolute Gasteiger partial charge is 0.494 e. The van der Waals surface area contributed by atoms with Crippen LogP contribution in [0.15, 0.2) is 18.2 Å². The van der Waals surface area contributed by atoms with Gasteiger partial charge < -0.3 is 14.5 Å². The van der Waals surface area contributed by atoms with Crippen molar-refractivity contribution in [2.24, 2.45) is 11.8 Å². The molecule has 0 N–H and O–H groups in total. The molecule has 182 valence electrons. The van der Waals surface area contributed by atoms with E-state index in [1.165, 1.54) is 50.6 Å². The first-order valence-corrected chi connectivity index (χ1v) is 13.8. The number of hydrogen-bond donors (Lipinski definition) is 0. The van der Waals surface area contributed by atoms with E-state index in [1.54, 1.807) is 5.56 Å². The van der Waals surface area contributed by atoms with E-state index in [1.807, 2.05) is 6.92 Å². The van der Waals surface area contributed by atoms with Gasteiger partial charge >= 0.3 is 0 Å². The van der Waals surface area contributed by atoms with Crippen LogP contribution in [-0.4, -0.2) is 53.5 Å². The smallest absolute Gasteiger partial charge is 0.222 e. The Hall–Kier alpha value is -1.55. The van der Waals surface area contributed by atoms with Crippen LogP contribution in [0.4, 0.5) is 0 Å². The van der Waals surface area contributed by atoms with Crippen molar-refractivity contribution in [3.8, 4) is 5.75 Å². The number of ether oxygens (including phenoxy) is 1. The Bertz CT molecular complexity index is 854. The quantitative estimate of drug-likeness (QED) is 0.512. The SMILES string of the molecule is CCC(=O)N1CCC[C@H]2[C@@H]3CCc4cc(OCCCN5CCC[C@H]5C)ccc4[C@H]3CC[C@@]21C. The van der Waals surface area contributed by atoms with E-state index in [4.69, 9.17) is 4.74 Å². The van der Waals surface area contributed by atoms with E-state index in [0.717, 1.165) is 56.7 Å². The normalized spacial score (nSPS) is 33.8. The van der Waals surface area contributed by atoms with Crippen molar-refractivity contribution < 1.29 is 9.53 Å². The number of carbonyl (C=O) groups is 1. The van der Waals surface area contributed by atoms with Crippen molar-refractivity contribution >= 4 is 5.91 Å². The molecule has 3 fully saturated rings. The minimum Gasteiger partial charge on any atom is -0.494 e. The van der Waals surface area contributed by atoms with E-state index in [9.17, 15) is 4.79 Å². The molecular weight excluding hydrogens is 408 g/mol. The number of aryl methyl sites for hydroxylation is 1. The van der Waals surface area contributed by atoms with Crippen LogP contribution in [0.2, 0.25) is 0 Å². The first-order valence-electron chi connectivity index (χ1n) is 13.8. The number of hydrogen-bond acceptors (Lipinski definition) is 3. The highest BCUT2D eigenvalue weighted by Crippen LogP contribution is 2.56. The molecular formula is C29H44N2O2. The molecule has 5 atom stereocenters. The summed E-state index contributed by atoms with van der Waals surface area (Å²) < 4.78 is 6.19. The highest BCUT2D eigenvalue weighted by molar-refractivity contribution is 5.77. The maximum atomic E-state index is 12.7. The first-order chi connectivity index (χ1) is 16.0. The van der Waals surface area contributed by atoms with Gasteiger partial charge in [-0.1, -0.05) is 13.0 Å². The molecule has 2 heterocycles. The van der Waals surface area contributed by atoms with Crippen LogP contribution in [0.25, 0.3) is 0 Å². The van der Waals surface area contributed by atoms with E-state index in [2.05, 4.69) is 41.8 Å². The summed E-state index contributed by atoms with van der Waals surface area (Å²) in [5.74, 6) is 3.45. The van der Waals surface area contributed by atoms with Gasteiger partial charge in [0.05, 0.1) is 6.61 Å². The Kier molecular flexibility index (Phi) is 6.75. The molecule has 0 bridgehead atoms. The lowest BCUT2D eigenvalue weighted by molar-refractivity contribution is -0.148. The predicted molar refractivity (Wildman–Crippen MR) is 134 cm³/mol. The molecule has 1 saturated carbocycles. The third-order valence-electron chi connectivity index (χ3n) is 9.72. The number of likely N-dealkylation sites (tertiary alicyclic amines) is 2. The van der Waals surface area contributed by atoms with Gasteiger partial charge in [0.2, 0.25) is 5.91 Å². The summed E-state index contributed by atoms with van der Waals surface area (Å²) in [5.41, 5.74) is 3.16. The average Bonchev–Trinajstić information content (AvgIpc) is 3.24. The van der Waals surface area contributed by atoms with Crippen LogP contribution in [0.3, 0.4) is 0 Å². The van der Waals surface area contributed by atoms with Gasteiger partial charge in [0.25, 0.3) is 0 Å². The van der Waals surface area contributed by atoms with Crippen molar-refractivity contribution in [1.29, 1.82) is 0 Å². The molecule has 33 heavy (non-hydrogen) atoms. The summed E-state index contributed by atoms with van der Waals surface area (Å²) in [6.07, 6.45) is 11.7. The lowest BCUT2D eigenvalue weighted by Gasteiger charge is -2.58. The van der Waals surface area contributed by atoms with Crippen LogP contribution in [0, 0.1) is 11.8 Å². The molecule has 2 saturated heterocycles. The number of amides is 1. The average molecular weight is 453 g/mol. The van der Waals surface area contributed by atoms with Gasteiger partial charge in [0, 0.05) is 31.1 Å². The van der Waals surface area contributed by atoms with Crippen LogP contribution >= 0.6 is 0 Å². The molecule has 4 nitrogen and oxygen atoms in total. The van der Waals surface area contributed by atoms with Gasteiger partial charge in [-0.2, -0.15) is 0 Å². The zero-order chi connectivity index (χ0) is 23.0. The van der Waals surface area contributed by atoms with Crippen molar-refractivity contribution in [2.45, 2.75) is 102 Å². The van der Waals surface area contributed by atoms with Crippen molar-refractivity contribution in [3.63, 3.8) is 0 Å². The van der Waals surface area contributed by atoms with Crippen LogP contribution in [-0.2, 0) is 11.2 Å². The molecule has 0 aromatic heterocycles. The Morgan fingerprint density at radius 3 is 2.79 bits per heavy atom. The Morgan fingerprint density at radius 1 is 1.15 bits per heavy atom. The van der Waals surface area contributed by atoms with Gasteiger partial charge in [-0.25, -0.2) is 0 Å². The Balaban J connectivity index is 1.23. The van der Waals surface area contributed by atoms with E-state index < -0.39 is 0 Å². The molecule has 5 rings (SSSR count). The number of piperidine rings is 1. The molecule has 4 aliphatic rings. The fourth-order valence-electron chi connectivity index (χ4n) is 7.92. The minimum atomic E-state index is 0.0693. The highest BCUT2D eigenvalue weighted by atomic mass is 16.5. The maximum absolute atomic E-state index is 12.7. The predicted octanol–water partition coefficient (Wildman–Crippen LogP) is 5.79. The van der Waals surface area contributed by atoms with Crippen molar-refractivity contribution in [3.05, 3.63) is 29.3 Å². The van der Waals surface area contributed by atoms with Gasteiger partial charge in [-0.05, 0) is 119 Å². The topological polar surface area (TPSA) is 32.8 Å². The summed E-state index contributed by atoms with van der Waals surface area (Å²) in [4.78, 5) is 17.6. The summed E-state index contributed by atoms with van der Waals surface area (Å²) in [5, 5.41) is 0. The van der Waals surface area contributed by atoms with E-state index in [-0.39, 0.29) is 5.54 Å². The summed E-state index contributed by atoms with van der Waals surface area (Å²) in [6.45, 7) is 11.0. The fraction of sp³-hybridized carbons (Fsp3) is 0.759. The third kappa shape index (κ3) is 4.33. The third-order valence-corrected chi connectivity index (χ3v) is 9.72. The number of nitrogens with zero attached hydrogens (tertiary/aromatic N) is 2. The number of fused-ring (bicyclic) bond motifs is 5. The number of benzene rings is 1. The monoisotopic (exact) mass is 452 g/mol. The first kappa shape index (κ1) is 23.2. The lowest BCUT2D eigenvalue weighted by atomic mass is 9.55. The summed E-state index contributed by atoms with van der Waals surface area (Å²) in [6, 6.07) is 7.69. The van der Waals surface area contributed by atoms with Crippen molar-refractivity contribution in [2.75, 3.05) is 26.2 Å². The van der Waals surface area contributed by atoms with Gasteiger partial charge in [-0.15, -0.1) is 0 Å². The summed E-state index contributed by atoms with van der Waals surface area (Å²) >= 11 is 0. The maximum Gasteiger partial charge on any atom is 0.222 e. The van der Waals surface area contributed by atoms with Crippen molar-refractivity contribution in [1.82, 2.24) is 9.80 Å². The minimum absolute atomic E-state index is 0.0693. The Labute approximate surface area is 201 Å². The fourth-order valence-corrected chi connectivity index (χ4v) is 7.92. The second-order valence-electron chi connectivity index (χ2n) is 11.4. The molecule has 0 radical (unpaired) electrons. The molecule has 0 spiro atoms. The van der Waals surface area contributed by atoms with Crippen LogP contribution in [0.1, 0.15) is 95.6 Å². The second kappa shape index (κ2) is 9.60. The molecule has 2 aliphatic heterocycles. The van der Waals surface area contributed by atoms with Crippen LogP contribution < -0.4 is 4.74 Å². The van der Waals surface area contributed by atoms with E-state index in [0.29, 0.717) is 24.2 Å². The molecule has 1 amide bonds. The van der Waals surface area contributed by atoms with Crippen LogP contribution in [0.5, 0.6) is 5.75 Å². The Morgan fingerprint density at radius 2 is 2.00 bits per heavy atom. The van der Waals surface area contributed by atoms with E-state index >= 15 is 0 Å². The second-order valence-corrected chi connectivity index (χ2v) is 11.4. The zero-order valence-electron chi connectivity index (χ0n) is 21.2. The van der Waals surface area contributed by atoms with Gasteiger partial charge in [0.15, 0.2) is 0 Å². The zero-order valence-corrected chi connectivity index (χ0v) is 21.2. The summed E-state index contributed by atoms with van der Waals surface area (Å²) in [7, 11) is 0. The van der Waals surface area contributed by atoms with Gasteiger partial charge in [0.1, 0.15) is 5.75 Å². The highest BCUT2D eigenvalue weighted by Gasteiger charge is 2.53. The molecule has 4 heteroatoms. The molecule has 1 aromatic rings. The standard InChI is InChI=1S/C29H44N2O2/c1-4-28(32)31-18-6-9-27-26-12-10-22-20-23(33-19-7-17-30-16-5-8-21(30)2)11-13-24(22)25(26)14-15-29(27,31)3/h11,13,20-21,25-27H,4-10,12,14-19H2,1-3H3/t21-,25-,26-,27+,29+/m1/s1.